The van der Waals surface area contributed by atoms with Crippen LogP contribution in [-0.4, -0.2) is 208 Å². The van der Waals surface area contributed by atoms with Crippen LogP contribution in [0.4, 0.5) is 20.2 Å². The van der Waals surface area contributed by atoms with Crippen LogP contribution in [0.2, 0.25) is 0 Å². The predicted octanol–water partition coefficient (Wildman–Crippen LogP) is 0.286. The van der Waals surface area contributed by atoms with E-state index in [1.165, 1.54) is 52.3 Å². The monoisotopic (exact) mass is 1280 g/mol. The van der Waals surface area contributed by atoms with Crippen LogP contribution in [0, 0.1) is 0 Å². The number of rotatable bonds is 31. The van der Waals surface area contributed by atoms with Crippen LogP contribution in [0.3, 0.4) is 0 Å². The lowest BCUT2D eigenvalue weighted by Crippen LogP contribution is -2.54. The Hall–Kier alpha value is -7.65. The molecule has 10 atom stereocenters. The molecule has 0 saturated carbocycles. The zero-order chi connectivity index (χ0) is 63.1. The summed E-state index contributed by atoms with van der Waals surface area (Å²) < 4.78 is 124. The van der Waals surface area contributed by atoms with Crippen molar-refractivity contribution in [3.63, 3.8) is 0 Å². The van der Waals surface area contributed by atoms with Gasteiger partial charge in [-0.15, -0.1) is 0 Å². The average Bonchev–Trinajstić information content (AvgIpc) is 1.94. The summed E-state index contributed by atoms with van der Waals surface area (Å²) in [6.07, 6.45) is -4.73. The molecular formula is C53H65F2N10O19PS2-2. The minimum absolute atomic E-state index is 0.00609. The fraction of sp³-hybridized carbons (Fsp3) is 0.472. The van der Waals surface area contributed by atoms with Crippen molar-refractivity contribution in [2.45, 2.75) is 76.0 Å². The van der Waals surface area contributed by atoms with Gasteiger partial charge in [-0.1, -0.05) is 30.3 Å². The van der Waals surface area contributed by atoms with E-state index in [-0.39, 0.29) is 110 Å². The molecule has 0 radical (unpaired) electrons. The number of hydrogen-bond donors (Lipinski definition) is 7. The number of alkyl halides is 2. The molecule has 5 unspecified atom stereocenters. The number of halogens is 2. The lowest BCUT2D eigenvalue weighted by molar-refractivity contribution is -0.137. The van der Waals surface area contributed by atoms with Crippen molar-refractivity contribution in [2.75, 3.05) is 96.2 Å². The molecule has 1 saturated heterocycles. The Bertz CT molecular complexity index is 3170. The molecule has 0 aromatic heterocycles. The van der Waals surface area contributed by atoms with Crippen LogP contribution in [0.1, 0.15) is 53.0 Å². The van der Waals surface area contributed by atoms with E-state index in [2.05, 4.69) is 37.0 Å². The molecule has 34 heteroatoms. The molecule has 0 aliphatic carbocycles. The Labute approximate surface area is 503 Å². The Morgan fingerprint density at radius 3 is 1.97 bits per heavy atom. The number of benzene rings is 3. The maximum absolute atomic E-state index is 15.2. The highest BCUT2D eigenvalue weighted by molar-refractivity contribution is 7.74. The summed E-state index contributed by atoms with van der Waals surface area (Å²) >= 11 is -6.16. The zero-order valence-electron chi connectivity index (χ0n) is 47.4. The first-order chi connectivity index (χ1) is 41.4. The van der Waals surface area contributed by atoms with Gasteiger partial charge in [0.05, 0.1) is 105 Å². The number of fused-ring (bicyclic) bond motifs is 3. The van der Waals surface area contributed by atoms with Crippen molar-refractivity contribution in [1.82, 2.24) is 41.1 Å². The quantitative estimate of drug-likeness (QED) is 0.0197. The lowest BCUT2D eigenvalue weighted by atomic mass is 10.0. The van der Waals surface area contributed by atoms with Crippen molar-refractivity contribution < 1.29 is 96.5 Å². The maximum atomic E-state index is 15.2. The van der Waals surface area contributed by atoms with E-state index in [0.29, 0.717) is 5.56 Å². The highest BCUT2D eigenvalue weighted by Gasteiger charge is 2.45. The fourth-order valence-electron chi connectivity index (χ4n) is 9.72. The summed E-state index contributed by atoms with van der Waals surface area (Å²) in [5, 5.41) is 18.8. The van der Waals surface area contributed by atoms with Gasteiger partial charge in [0.1, 0.15) is 24.4 Å². The number of hydrogen-bond acceptors (Lipinski definition) is 21. The van der Waals surface area contributed by atoms with E-state index in [4.69, 9.17) is 27.3 Å². The van der Waals surface area contributed by atoms with Crippen LogP contribution < -0.4 is 55.9 Å². The molecule has 1 fully saturated rings. The minimum Gasteiger partial charge on any atom is -0.750 e. The zero-order valence-corrected chi connectivity index (χ0v) is 49.9. The standard InChI is InChI=1S/C53H67F2N10O19PS2/c1-30(54)27-63-29-46(83-86(75)76)61-36-24-42(40(79-3)22-34(36)52(63)72)81-16-18-85(74,19-17-82-43-25-37-35(23-41(43)80-4)53(73)65-28-33(55)21-39(65)51(62-37)84-87(77)78)58-26-45(67)60-38(20-32-8-6-5-7-9-32)50(71)59-31(2)49(70)57-14-13-56-44(66)12-15-64-47(68)10-11-48(64)69/h5-11,22-25,30-31,33,38-39,46,51,61-62H,12-21,26-29H2,1-4H3,(H,56,66)(H,57,70)(H,58,74)(H,59,71)(H,60,67)(H,75,76)(H,77,78)/p-2/t30-,31+,33-,38+,39+,46?,51?,85?/m1/s1. The highest BCUT2D eigenvalue weighted by atomic mass is 32.2. The predicted molar refractivity (Wildman–Crippen MR) is 304 cm³/mol. The molecule has 29 nitrogen and oxygen atoms in total. The van der Waals surface area contributed by atoms with Gasteiger partial charge in [0.25, 0.3) is 23.6 Å². The van der Waals surface area contributed by atoms with Gasteiger partial charge < -0.3 is 74.3 Å². The maximum Gasteiger partial charge on any atom is 0.256 e. The topological polar surface area (TPSA) is 383 Å². The molecule has 7 N–H and O–H groups in total. The molecule has 474 valence electrons. The van der Waals surface area contributed by atoms with Crippen molar-refractivity contribution in [2.24, 2.45) is 0 Å². The summed E-state index contributed by atoms with van der Waals surface area (Å²) in [7, 11) is -1.39. The van der Waals surface area contributed by atoms with Gasteiger partial charge in [0.15, 0.2) is 42.7 Å². The normalized spacial score (nSPS) is 20.3. The Morgan fingerprint density at radius 1 is 0.770 bits per heavy atom. The Kier molecular flexibility index (Phi) is 23.7. The van der Waals surface area contributed by atoms with E-state index < -0.39 is 147 Å². The van der Waals surface area contributed by atoms with E-state index in [1.807, 2.05) is 0 Å². The van der Waals surface area contributed by atoms with Crippen molar-refractivity contribution in [1.29, 1.82) is 0 Å². The summed E-state index contributed by atoms with van der Waals surface area (Å²) in [6, 6.07) is 10.3. The van der Waals surface area contributed by atoms with Gasteiger partial charge in [-0.2, -0.15) is 0 Å². The summed E-state index contributed by atoms with van der Waals surface area (Å²) in [6.45, 7) is -0.211. The van der Waals surface area contributed by atoms with Crippen molar-refractivity contribution >= 4 is 88.6 Å². The number of carbonyl (C=O) groups is 8. The highest BCUT2D eigenvalue weighted by Crippen LogP contribution is 2.44. The van der Waals surface area contributed by atoms with Crippen molar-refractivity contribution in [3.8, 4) is 23.0 Å². The second kappa shape index (κ2) is 30.8. The fourth-order valence-corrected chi connectivity index (χ4v) is 12.1. The lowest BCUT2D eigenvalue weighted by Gasteiger charge is -2.28. The van der Waals surface area contributed by atoms with Crippen LogP contribution >= 0.6 is 7.29 Å². The number of carbonyl (C=O) groups excluding carboxylic acids is 8. The van der Waals surface area contributed by atoms with Crippen molar-refractivity contribution in [3.05, 3.63) is 83.4 Å². The second-order valence-corrected chi connectivity index (χ2v) is 24.4. The largest absolute Gasteiger partial charge is 0.750 e. The average molecular weight is 1280 g/mol. The van der Waals surface area contributed by atoms with Gasteiger partial charge in [-0.3, -0.25) is 56.7 Å². The van der Waals surface area contributed by atoms with Crippen LogP contribution in [0.25, 0.3) is 0 Å². The minimum atomic E-state index is -3.92. The molecule has 0 spiro atoms. The summed E-state index contributed by atoms with van der Waals surface area (Å²) in [4.78, 5) is 107. The summed E-state index contributed by atoms with van der Waals surface area (Å²) in [5.41, 5.74) is 0.576. The van der Waals surface area contributed by atoms with E-state index in [0.717, 1.165) is 26.9 Å². The number of anilines is 2. The third-order valence-corrected chi connectivity index (χ3v) is 17.2. The van der Waals surface area contributed by atoms with Gasteiger partial charge >= 0.3 is 0 Å². The van der Waals surface area contributed by atoms with E-state index in [1.54, 1.807) is 30.3 Å². The number of nitrogens with one attached hydrogen (secondary N) is 7. The SMILES string of the molecule is COc1cc2c(cc1OCCP(=O)(CCOc1cc3c(cc1OC)C(=O)N1C[C@H](F)C[C@H]1C(OS(=O)[O-])N3)NCC(=O)N[C@@H](Cc1ccccc1)C(=O)N[C@@H](C)C(=O)NCCNC(=O)CCN1C(=O)C=CC1=O)NC(OS(=O)[O-])CN(C[C@@H](C)F)C2=O. The molecule has 87 heavy (non-hydrogen) atoms. The van der Waals surface area contributed by atoms with Gasteiger partial charge in [-0.25, -0.2) is 17.2 Å². The van der Waals surface area contributed by atoms with E-state index in [9.17, 15) is 64.7 Å². The molecule has 3 aromatic rings. The molecule has 8 amide bonds. The third-order valence-electron chi connectivity index (χ3n) is 14.0. The Balaban J connectivity index is 1.06. The molecule has 4 aliphatic heterocycles. The van der Waals surface area contributed by atoms with Gasteiger partial charge in [0, 0.05) is 75.5 Å². The van der Waals surface area contributed by atoms with Crippen LogP contribution in [-0.2, 0) is 70.8 Å². The smallest absolute Gasteiger partial charge is 0.256 e. The Morgan fingerprint density at radius 2 is 1.37 bits per heavy atom. The molecule has 4 aliphatic rings. The number of amides is 8. The molecular weight excluding hydrogens is 1210 g/mol. The van der Waals surface area contributed by atoms with Crippen LogP contribution in [0.5, 0.6) is 23.0 Å². The molecule has 0 bridgehead atoms. The third kappa shape index (κ3) is 18.4. The molecule has 3 aromatic carbocycles. The molecule has 4 heterocycles. The number of ether oxygens (including phenoxy) is 4. The van der Waals surface area contributed by atoms with Crippen LogP contribution in [0.15, 0.2) is 66.7 Å². The number of methoxy groups -OCH3 is 2. The first-order valence-corrected chi connectivity index (χ1v) is 31.2. The van der Waals surface area contributed by atoms with Gasteiger partial charge in [-0.05, 0) is 31.5 Å². The number of imide groups is 1. The summed E-state index contributed by atoms with van der Waals surface area (Å²) in [5.74, 6) is -5.25. The first kappa shape index (κ1) is 66.9. The number of nitrogens with zero attached hydrogens (tertiary/aromatic N) is 3. The second-order valence-electron chi connectivity index (χ2n) is 20.2. The molecule has 7 rings (SSSR count). The first-order valence-electron chi connectivity index (χ1n) is 27.1. The van der Waals surface area contributed by atoms with Gasteiger partial charge in [0.2, 0.25) is 23.6 Å². The van der Waals surface area contributed by atoms with E-state index >= 15 is 4.57 Å².